The summed E-state index contributed by atoms with van der Waals surface area (Å²) >= 11 is 1.28. The van der Waals surface area contributed by atoms with E-state index in [4.69, 9.17) is 0 Å². The topological polar surface area (TPSA) is 38.1 Å². The van der Waals surface area contributed by atoms with E-state index < -0.39 is 23.9 Å². The quantitative estimate of drug-likeness (QED) is 0.811. The molecule has 1 aromatic rings. The predicted octanol–water partition coefficient (Wildman–Crippen LogP) is 3.84. The Labute approximate surface area is 138 Å². The summed E-state index contributed by atoms with van der Waals surface area (Å²) in [6, 6.07) is 0.181. The van der Waals surface area contributed by atoms with Gasteiger partial charge in [-0.05, 0) is 26.2 Å². The van der Waals surface area contributed by atoms with E-state index in [1.54, 1.807) is 6.20 Å². The van der Waals surface area contributed by atoms with Crippen molar-refractivity contribution in [2.45, 2.75) is 62.7 Å². The number of carbonyl (C=O) groups is 1. The third-order valence-electron chi connectivity index (χ3n) is 3.77. The monoisotopic (exact) mass is 349 g/mol. The fraction of sp³-hybridized carbons (Fsp3) is 0.733. The lowest BCUT2D eigenvalue weighted by molar-refractivity contribution is -0.157. The average molecular weight is 349 g/mol. The lowest BCUT2D eigenvalue weighted by atomic mass is 10.1. The number of carbonyl (C=O) groups excluding carboxylic acids is 1. The number of nitrogens with zero attached hydrogens (tertiary/aromatic N) is 3. The summed E-state index contributed by atoms with van der Waals surface area (Å²) in [5.74, 6) is -0.156. The van der Waals surface area contributed by atoms with Gasteiger partial charge in [0.15, 0.2) is 5.16 Å². The second-order valence-corrected chi connectivity index (χ2v) is 7.52. The number of rotatable bonds is 5. The zero-order valence-corrected chi connectivity index (χ0v) is 14.5. The van der Waals surface area contributed by atoms with Crippen molar-refractivity contribution in [1.82, 2.24) is 14.5 Å². The van der Waals surface area contributed by atoms with Crippen molar-refractivity contribution in [3.05, 3.63) is 11.9 Å². The fourth-order valence-corrected chi connectivity index (χ4v) is 3.98. The Balaban J connectivity index is 2.13. The Morgan fingerprint density at radius 3 is 2.52 bits per heavy atom. The highest BCUT2D eigenvalue weighted by molar-refractivity contribution is 8.00. The van der Waals surface area contributed by atoms with Crippen LogP contribution in [0.15, 0.2) is 11.4 Å². The molecule has 1 unspecified atom stereocenters. The number of likely N-dealkylation sites (tertiary alicyclic amines) is 1. The van der Waals surface area contributed by atoms with Crippen LogP contribution in [-0.4, -0.2) is 44.9 Å². The van der Waals surface area contributed by atoms with Crippen LogP contribution in [0, 0.1) is 0 Å². The molecule has 130 valence electrons. The first-order chi connectivity index (χ1) is 10.6. The molecule has 1 saturated heterocycles. The van der Waals surface area contributed by atoms with Crippen LogP contribution in [0.25, 0.3) is 0 Å². The Morgan fingerprint density at radius 1 is 1.35 bits per heavy atom. The maximum atomic E-state index is 12.5. The molecule has 1 atom stereocenters. The van der Waals surface area contributed by atoms with Gasteiger partial charge in [-0.25, -0.2) is 4.98 Å². The van der Waals surface area contributed by atoms with Gasteiger partial charge in [0.05, 0.1) is 5.25 Å². The smallest absolute Gasteiger partial charge is 0.333 e. The molecular formula is C15H22F3N3OS. The SMILES string of the molecule is CC(C)c1cnc(SC2CCN(CC(F)(F)F)C2=O)n1C(C)C. The van der Waals surface area contributed by atoms with Gasteiger partial charge in [-0.2, -0.15) is 13.2 Å². The molecular weight excluding hydrogens is 327 g/mol. The molecule has 4 nitrogen and oxygen atoms in total. The van der Waals surface area contributed by atoms with E-state index in [0.717, 1.165) is 10.6 Å². The molecule has 1 fully saturated rings. The lowest BCUT2D eigenvalue weighted by Crippen LogP contribution is -2.36. The molecule has 1 aromatic heterocycles. The van der Waals surface area contributed by atoms with Gasteiger partial charge in [-0.1, -0.05) is 25.6 Å². The third kappa shape index (κ3) is 4.22. The minimum Gasteiger partial charge on any atom is -0.333 e. The van der Waals surface area contributed by atoms with Gasteiger partial charge in [0, 0.05) is 24.5 Å². The van der Waals surface area contributed by atoms with Gasteiger partial charge >= 0.3 is 6.18 Å². The average Bonchev–Trinajstić information content (AvgIpc) is 2.96. The fourth-order valence-electron chi connectivity index (χ4n) is 2.71. The molecule has 1 aliphatic heterocycles. The summed E-state index contributed by atoms with van der Waals surface area (Å²) in [5.41, 5.74) is 1.07. The van der Waals surface area contributed by atoms with Crippen LogP contribution in [0.2, 0.25) is 0 Å². The predicted molar refractivity (Wildman–Crippen MR) is 83.6 cm³/mol. The molecule has 0 N–H and O–H groups in total. The van der Waals surface area contributed by atoms with Crippen molar-refractivity contribution in [3.8, 4) is 0 Å². The zero-order chi connectivity index (χ0) is 17.4. The van der Waals surface area contributed by atoms with Crippen LogP contribution < -0.4 is 0 Å². The molecule has 0 bridgehead atoms. The van der Waals surface area contributed by atoms with Gasteiger partial charge in [-0.15, -0.1) is 0 Å². The van der Waals surface area contributed by atoms with Gasteiger partial charge in [0.2, 0.25) is 5.91 Å². The Morgan fingerprint density at radius 2 is 2.00 bits per heavy atom. The Bertz CT molecular complexity index is 569. The van der Waals surface area contributed by atoms with Gasteiger partial charge in [-0.3, -0.25) is 4.79 Å². The van der Waals surface area contributed by atoms with Crippen LogP contribution in [0.4, 0.5) is 13.2 Å². The molecule has 0 aliphatic carbocycles. The van der Waals surface area contributed by atoms with Crippen molar-refractivity contribution in [2.75, 3.05) is 13.1 Å². The molecule has 23 heavy (non-hydrogen) atoms. The largest absolute Gasteiger partial charge is 0.406 e. The maximum Gasteiger partial charge on any atom is 0.406 e. The Kier molecular flexibility index (Phi) is 5.33. The summed E-state index contributed by atoms with van der Waals surface area (Å²) in [7, 11) is 0. The minimum atomic E-state index is -4.35. The molecule has 0 radical (unpaired) electrons. The van der Waals surface area contributed by atoms with Crippen molar-refractivity contribution < 1.29 is 18.0 Å². The summed E-state index contributed by atoms with van der Waals surface area (Å²) in [5, 5.41) is 0.216. The minimum absolute atomic E-state index is 0.148. The summed E-state index contributed by atoms with van der Waals surface area (Å²) in [4.78, 5) is 17.5. The van der Waals surface area contributed by atoms with E-state index in [1.807, 2.05) is 13.8 Å². The van der Waals surface area contributed by atoms with Crippen LogP contribution in [0.3, 0.4) is 0 Å². The zero-order valence-electron chi connectivity index (χ0n) is 13.7. The number of halogens is 3. The van der Waals surface area contributed by atoms with E-state index in [-0.39, 0.29) is 12.6 Å². The number of imidazole rings is 1. The first-order valence-corrected chi connectivity index (χ1v) is 8.57. The molecule has 1 amide bonds. The second-order valence-electron chi connectivity index (χ2n) is 6.35. The highest BCUT2D eigenvalue weighted by Crippen LogP contribution is 2.34. The Hall–Kier alpha value is -1.18. The van der Waals surface area contributed by atoms with E-state index in [9.17, 15) is 18.0 Å². The first-order valence-electron chi connectivity index (χ1n) is 7.69. The summed E-state index contributed by atoms with van der Waals surface area (Å²) in [6.45, 7) is 7.18. The van der Waals surface area contributed by atoms with Crippen molar-refractivity contribution in [2.24, 2.45) is 0 Å². The highest BCUT2D eigenvalue weighted by atomic mass is 32.2. The van der Waals surface area contributed by atoms with Gasteiger partial charge in [0.1, 0.15) is 6.54 Å². The third-order valence-corrected chi connectivity index (χ3v) is 5.00. The van der Waals surface area contributed by atoms with Crippen LogP contribution in [-0.2, 0) is 4.79 Å². The molecule has 0 aromatic carbocycles. The van der Waals surface area contributed by atoms with Gasteiger partial charge in [0.25, 0.3) is 0 Å². The van der Waals surface area contributed by atoms with Crippen molar-refractivity contribution in [3.63, 3.8) is 0 Å². The molecule has 8 heteroatoms. The molecule has 0 spiro atoms. The van der Waals surface area contributed by atoms with E-state index in [0.29, 0.717) is 17.5 Å². The van der Waals surface area contributed by atoms with E-state index in [2.05, 4.69) is 23.4 Å². The van der Waals surface area contributed by atoms with Crippen LogP contribution in [0.5, 0.6) is 0 Å². The van der Waals surface area contributed by atoms with Gasteiger partial charge < -0.3 is 9.47 Å². The number of thioether (sulfide) groups is 1. The standard InChI is InChI=1S/C15H22F3N3OS/c1-9(2)11-7-19-14(21(11)10(3)4)23-12-5-6-20(13(12)22)8-15(16,17)18/h7,9-10,12H,5-6,8H2,1-4H3. The number of alkyl halides is 3. The number of hydrogen-bond donors (Lipinski definition) is 0. The van der Waals surface area contributed by atoms with Crippen LogP contribution in [0.1, 0.15) is 51.8 Å². The molecule has 0 saturated carbocycles. The number of aromatic nitrogens is 2. The van der Waals surface area contributed by atoms with Crippen molar-refractivity contribution >= 4 is 17.7 Å². The molecule has 2 heterocycles. The lowest BCUT2D eigenvalue weighted by Gasteiger charge is -2.20. The summed E-state index contributed by atoms with van der Waals surface area (Å²) in [6.07, 6.45) is -2.14. The van der Waals surface area contributed by atoms with Crippen LogP contribution >= 0.6 is 11.8 Å². The molecule has 2 rings (SSSR count). The van der Waals surface area contributed by atoms with E-state index in [1.165, 1.54) is 11.8 Å². The maximum absolute atomic E-state index is 12.5. The number of amides is 1. The molecule has 1 aliphatic rings. The normalized spacial score (nSPS) is 19.4. The highest BCUT2D eigenvalue weighted by Gasteiger charge is 2.40. The summed E-state index contributed by atoms with van der Waals surface area (Å²) < 4.78 is 39.5. The van der Waals surface area contributed by atoms with E-state index >= 15 is 0 Å². The number of hydrogen-bond acceptors (Lipinski definition) is 3. The second kappa shape index (κ2) is 6.75. The first kappa shape index (κ1) is 18.2. The van der Waals surface area contributed by atoms with Crippen molar-refractivity contribution in [1.29, 1.82) is 0 Å².